The topological polar surface area (TPSA) is 56.1 Å². The van der Waals surface area contributed by atoms with Crippen LogP contribution in [0.25, 0.3) is 0 Å². The highest BCUT2D eigenvalue weighted by Crippen LogP contribution is 2.32. The summed E-state index contributed by atoms with van der Waals surface area (Å²) in [4.78, 5) is 17.4. The van der Waals surface area contributed by atoms with Gasteiger partial charge >= 0.3 is 0 Å². The van der Waals surface area contributed by atoms with Crippen molar-refractivity contribution >= 4 is 5.91 Å². The molecule has 1 aromatic carbocycles. The highest BCUT2D eigenvalue weighted by Gasteiger charge is 2.34. The second-order valence-corrected chi connectivity index (χ2v) is 6.99. The van der Waals surface area contributed by atoms with Crippen LogP contribution in [0.2, 0.25) is 0 Å². The third-order valence-electron chi connectivity index (χ3n) is 4.80. The Balaban J connectivity index is 1.74. The zero-order valence-corrected chi connectivity index (χ0v) is 14.8. The van der Waals surface area contributed by atoms with Crippen LogP contribution in [0.3, 0.4) is 0 Å². The Labute approximate surface area is 143 Å². The monoisotopic (exact) mass is 327 g/mol. The number of nitrogens with one attached hydrogen (secondary N) is 1. The molecule has 0 radical (unpaired) electrons. The molecule has 0 unspecified atom stereocenters. The van der Waals surface area contributed by atoms with Gasteiger partial charge in [-0.1, -0.05) is 18.2 Å². The number of hydrogen-bond donors (Lipinski definition) is 1. The van der Waals surface area contributed by atoms with Crippen molar-refractivity contribution in [3.63, 3.8) is 0 Å². The first-order valence-corrected chi connectivity index (χ1v) is 8.39. The molecule has 0 fully saturated rings. The van der Waals surface area contributed by atoms with Crippen LogP contribution in [-0.2, 0) is 23.2 Å². The number of aromatic nitrogens is 2. The average Bonchev–Trinajstić information content (AvgIpc) is 2.94. The molecule has 5 nitrogen and oxygen atoms in total. The molecule has 128 valence electrons. The highest BCUT2D eigenvalue weighted by molar-refractivity contribution is 5.88. The van der Waals surface area contributed by atoms with Crippen molar-refractivity contribution in [1.29, 1.82) is 0 Å². The summed E-state index contributed by atoms with van der Waals surface area (Å²) in [5.41, 5.74) is 1.28. The van der Waals surface area contributed by atoms with Crippen LogP contribution in [0.4, 0.5) is 0 Å². The van der Waals surface area contributed by atoms with Gasteiger partial charge in [-0.2, -0.15) is 0 Å². The summed E-state index contributed by atoms with van der Waals surface area (Å²) in [6.45, 7) is 6.67. The third kappa shape index (κ3) is 3.03. The van der Waals surface area contributed by atoms with Crippen LogP contribution in [0, 0.1) is 6.92 Å². The molecule has 0 spiro atoms. The van der Waals surface area contributed by atoms with Crippen LogP contribution >= 0.6 is 0 Å². The number of carbonyl (C=O) groups is 1. The Bertz CT molecular complexity index is 749. The van der Waals surface area contributed by atoms with E-state index in [9.17, 15) is 4.79 Å². The Morgan fingerprint density at radius 1 is 1.38 bits per heavy atom. The Morgan fingerprint density at radius 3 is 2.88 bits per heavy atom. The summed E-state index contributed by atoms with van der Waals surface area (Å²) in [5, 5.41) is 3.22. The molecule has 5 heteroatoms. The van der Waals surface area contributed by atoms with E-state index in [2.05, 4.69) is 21.1 Å². The Hall–Kier alpha value is -2.30. The first kappa shape index (κ1) is 16.6. The van der Waals surface area contributed by atoms with E-state index in [-0.39, 0.29) is 11.9 Å². The summed E-state index contributed by atoms with van der Waals surface area (Å²) < 4.78 is 7.58. The number of imidazole rings is 1. The van der Waals surface area contributed by atoms with E-state index in [1.165, 1.54) is 0 Å². The number of rotatable bonds is 4. The van der Waals surface area contributed by atoms with Crippen LogP contribution in [0.15, 0.2) is 30.5 Å². The van der Waals surface area contributed by atoms with Gasteiger partial charge in [-0.3, -0.25) is 4.79 Å². The van der Waals surface area contributed by atoms with Gasteiger partial charge in [0.25, 0.3) is 0 Å². The van der Waals surface area contributed by atoms with Gasteiger partial charge in [0.05, 0.1) is 18.2 Å². The number of nitrogens with zero attached hydrogens (tertiary/aromatic N) is 2. The van der Waals surface area contributed by atoms with Crippen molar-refractivity contribution < 1.29 is 9.53 Å². The van der Waals surface area contributed by atoms with E-state index in [1.807, 2.05) is 45.0 Å². The predicted molar refractivity (Wildman–Crippen MR) is 93.2 cm³/mol. The van der Waals surface area contributed by atoms with Gasteiger partial charge in [-0.05, 0) is 33.3 Å². The SMILES string of the molecule is COc1ccccc1C(C)(C)C(=O)N[C@H]1CCc2nc(C)cn2C1. The van der Waals surface area contributed by atoms with Crippen molar-refractivity contribution in [1.82, 2.24) is 14.9 Å². The van der Waals surface area contributed by atoms with Gasteiger partial charge < -0.3 is 14.6 Å². The van der Waals surface area contributed by atoms with E-state index in [0.717, 1.165) is 42.2 Å². The number of benzene rings is 1. The standard InChI is InChI=1S/C19H25N3O2/c1-13-11-22-12-14(9-10-17(22)20-13)21-18(23)19(2,3)15-7-5-6-8-16(15)24-4/h5-8,11,14H,9-10,12H2,1-4H3,(H,21,23)/t14-/m0/s1. The number of para-hydroxylation sites is 1. The van der Waals surface area contributed by atoms with Crippen molar-refractivity contribution in [2.24, 2.45) is 0 Å². The van der Waals surface area contributed by atoms with Gasteiger partial charge in [0.1, 0.15) is 11.6 Å². The summed E-state index contributed by atoms with van der Waals surface area (Å²) in [5.74, 6) is 1.88. The summed E-state index contributed by atoms with van der Waals surface area (Å²) in [6.07, 6.45) is 3.87. The van der Waals surface area contributed by atoms with E-state index < -0.39 is 5.41 Å². The zero-order valence-electron chi connectivity index (χ0n) is 14.8. The van der Waals surface area contributed by atoms with Crippen molar-refractivity contribution in [3.8, 4) is 5.75 Å². The minimum Gasteiger partial charge on any atom is -0.496 e. The molecular formula is C19H25N3O2. The summed E-state index contributed by atoms with van der Waals surface area (Å²) in [7, 11) is 1.64. The number of carbonyl (C=O) groups excluding carboxylic acids is 1. The minimum absolute atomic E-state index is 0.0253. The Morgan fingerprint density at radius 2 is 2.12 bits per heavy atom. The van der Waals surface area contributed by atoms with Crippen LogP contribution in [-0.4, -0.2) is 28.6 Å². The number of aryl methyl sites for hydroxylation is 2. The maximum absolute atomic E-state index is 12.9. The van der Waals surface area contributed by atoms with E-state index >= 15 is 0 Å². The summed E-state index contributed by atoms with van der Waals surface area (Å²) in [6, 6.07) is 7.84. The van der Waals surface area contributed by atoms with E-state index in [1.54, 1.807) is 7.11 Å². The molecule has 3 rings (SSSR count). The van der Waals surface area contributed by atoms with Crippen LogP contribution in [0.5, 0.6) is 5.75 Å². The molecule has 2 heterocycles. The first-order chi connectivity index (χ1) is 11.4. The third-order valence-corrected chi connectivity index (χ3v) is 4.80. The lowest BCUT2D eigenvalue weighted by Gasteiger charge is -2.31. The minimum atomic E-state index is -0.655. The molecule has 1 N–H and O–H groups in total. The average molecular weight is 327 g/mol. The van der Waals surface area contributed by atoms with Gasteiger partial charge in [0.2, 0.25) is 5.91 Å². The quantitative estimate of drug-likeness (QED) is 0.939. The molecule has 1 aliphatic rings. The fourth-order valence-electron chi connectivity index (χ4n) is 3.35. The summed E-state index contributed by atoms with van der Waals surface area (Å²) >= 11 is 0. The zero-order chi connectivity index (χ0) is 17.3. The molecule has 0 saturated carbocycles. The number of fused-ring (bicyclic) bond motifs is 1. The van der Waals surface area contributed by atoms with Crippen LogP contribution in [0.1, 0.15) is 37.4 Å². The van der Waals surface area contributed by atoms with Crippen LogP contribution < -0.4 is 10.1 Å². The molecule has 2 aromatic rings. The molecule has 0 aliphatic carbocycles. The largest absolute Gasteiger partial charge is 0.496 e. The van der Waals surface area contributed by atoms with Crippen molar-refractivity contribution in [2.75, 3.05) is 7.11 Å². The fraction of sp³-hybridized carbons (Fsp3) is 0.474. The smallest absolute Gasteiger partial charge is 0.230 e. The molecule has 1 aliphatic heterocycles. The van der Waals surface area contributed by atoms with Crippen molar-refractivity contribution in [3.05, 3.63) is 47.5 Å². The number of methoxy groups -OCH3 is 1. The lowest BCUT2D eigenvalue weighted by Crippen LogP contribution is -2.48. The lowest BCUT2D eigenvalue weighted by atomic mass is 9.82. The highest BCUT2D eigenvalue weighted by atomic mass is 16.5. The molecule has 1 atom stereocenters. The van der Waals surface area contributed by atoms with Gasteiger partial charge in [0, 0.05) is 30.8 Å². The first-order valence-electron chi connectivity index (χ1n) is 8.39. The molecule has 0 bridgehead atoms. The molecular weight excluding hydrogens is 302 g/mol. The van der Waals surface area contributed by atoms with Crippen molar-refractivity contribution in [2.45, 2.75) is 51.6 Å². The molecule has 1 amide bonds. The second kappa shape index (κ2) is 6.30. The number of ether oxygens (including phenoxy) is 1. The fourth-order valence-corrected chi connectivity index (χ4v) is 3.35. The van der Waals surface area contributed by atoms with E-state index in [4.69, 9.17) is 4.74 Å². The second-order valence-electron chi connectivity index (χ2n) is 6.99. The normalized spacial score (nSPS) is 17.2. The van der Waals surface area contributed by atoms with E-state index in [0.29, 0.717) is 0 Å². The van der Waals surface area contributed by atoms with Gasteiger partial charge in [-0.25, -0.2) is 4.98 Å². The van der Waals surface area contributed by atoms with Gasteiger partial charge in [0.15, 0.2) is 0 Å². The molecule has 24 heavy (non-hydrogen) atoms. The maximum atomic E-state index is 12.9. The molecule has 1 aromatic heterocycles. The maximum Gasteiger partial charge on any atom is 0.230 e. The van der Waals surface area contributed by atoms with Gasteiger partial charge in [-0.15, -0.1) is 0 Å². The lowest BCUT2D eigenvalue weighted by molar-refractivity contribution is -0.126. The number of hydrogen-bond acceptors (Lipinski definition) is 3. The number of amides is 1. The predicted octanol–water partition coefficient (Wildman–Crippen LogP) is 2.61. The molecule has 0 saturated heterocycles. The Kier molecular flexibility index (Phi) is 4.35.